The average Bonchev–Trinajstić information content (AvgIpc) is 2.06. The molecule has 0 unspecified atom stereocenters. The highest BCUT2D eigenvalue weighted by atomic mass is 16.5. The van der Waals surface area contributed by atoms with Crippen molar-refractivity contribution >= 4 is 0 Å². The summed E-state index contributed by atoms with van der Waals surface area (Å²) in [7, 11) is 1.88. The lowest BCUT2D eigenvalue weighted by Gasteiger charge is -2.19. The number of rotatable bonds is 3. The fourth-order valence-corrected chi connectivity index (χ4v) is 0.991. The van der Waals surface area contributed by atoms with Crippen LogP contribution in [0.1, 0.15) is 26.5 Å². The van der Waals surface area contributed by atoms with Crippen LogP contribution in [-0.2, 0) is 6.54 Å². The summed E-state index contributed by atoms with van der Waals surface area (Å²) in [5, 5.41) is 11.0. The Kier molecular flexibility index (Phi) is 3.41. The van der Waals surface area contributed by atoms with Gasteiger partial charge in [0.1, 0.15) is 5.60 Å². The molecular formula is C10H17N3O. The smallest absolute Gasteiger partial charge is 0.233 e. The minimum atomic E-state index is -0.223. The van der Waals surface area contributed by atoms with Gasteiger partial charge < -0.3 is 10.1 Å². The van der Waals surface area contributed by atoms with Gasteiger partial charge in [0.2, 0.25) is 5.88 Å². The van der Waals surface area contributed by atoms with E-state index in [1.54, 1.807) is 0 Å². The summed E-state index contributed by atoms with van der Waals surface area (Å²) in [5.41, 5.74) is 0.688. The Bertz CT molecular complexity index is 276. The van der Waals surface area contributed by atoms with Crippen molar-refractivity contribution in [3.63, 3.8) is 0 Å². The zero-order valence-corrected chi connectivity index (χ0v) is 9.16. The first-order valence-corrected chi connectivity index (χ1v) is 4.67. The zero-order valence-electron chi connectivity index (χ0n) is 9.16. The number of aromatic nitrogens is 2. The molecule has 0 fully saturated rings. The number of nitrogens with one attached hydrogen (secondary N) is 1. The Labute approximate surface area is 84.7 Å². The first kappa shape index (κ1) is 10.9. The molecule has 0 saturated carbocycles. The van der Waals surface area contributed by atoms with Crippen LogP contribution in [0, 0.1) is 0 Å². The summed E-state index contributed by atoms with van der Waals surface area (Å²) in [4.78, 5) is 0. The van der Waals surface area contributed by atoms with Crippen molar-refractivity contribution in [1.29, 1.82) is 0 Å². The molecule has 0 radical (unpaired) electrons. The molecule has 0 aliphatic rings. The average molecular weight is 195 g/mol. The highest BCUT2D eigenvalue weighted by Gasteiger charge is 2.12. The van der Waals surface area contributed by atoms with Crippen LogP contribution in [0.3, 0.4) is 0 Å². The van der Waals surface area contributed by atoms with Crippen LogP contribution in [0.2, 0.25) is 0 Å². The molecule has 78 valence electrons. The predicted octanol–water partition coefficient (Wildman–Crippen LogP) is 1.37. The van der Waals surface area contributed by atoms with Crippen LogP contribution < -0.4 is 10.1 Å². The van der Waals surface area contributed by atoms with Gasteiger partial charge in [0, 0.05) is 12.6 Å². The summed E-state index contributed by atoms with van der Waals surface area (Å²) < 4.78 is 5.54. The van der Waals surface area contributed by atoms with E-state index in [0.29, 0.717) is 5.88 Å². The van der Waals surface area contributed by atoms with E-state index >= 15 is 0 Å². The van der Waals surface area contributed by atoms with Gasteiger partial charge in [-0.05, 0) is 33.9 Å². The maximum Gasteiger partial charge on any atom is 0.233 e. The quantitative estimate of drug-likeness (QED) is 0.791. The molecule has 1 heterocycles. The Morgan fingerprint density at radius 1 is 1.29 bits per heavy atom. The van der Waals surface area contributed by atoms with Crippen molar-refractivity contribution in [2.24, 2.45) is 0 Å². The molecule has 0 amide bonds. The molecule has 0 saturated heterocycles. The van der Waals surface area contributed by atoms with Gasteiger partial charge in [0.15, 0.2) is 0 Å². The Hall–Kier alpha value is -1.16. The van der Waals surface area contributed by atoms with Crippen LogP contribution in [0.4, 0.5) is 0 Å². The highest BCUT2D eigenvalue weighted by Crippen LogP contribution is 2.13. The largest absolute Gasteiger partial charge is 0.471 e. The third-order valence-electron chi connectivity index (χ3n) is 1.46. The van der Waals surface area contributed by atoms with E-state index in [2.05, 4.69) is 15.5 Å². The van der Waals surface area contributed by atoms with Gasteiger partial charge in [-0.2, -0.15) is 5.10 Å². The van der Waals surface area contributed by atoms with Crippen LogP contribution >= 0.6 is 0 Å². The molecule has 0 atom stereocenters. The van der Waals surface area contributed by atoms with Gasteiger partial charge in [0.25, 0.3) is 0 Å². The minimum absolute atomic E-state index is 0.223. The lowest BCUT2D eigenvalue weighted by atomic mass is 10.2. The molecule has 14 heavy (non-hydrogen) atoms. The van der Waals surface area contributed by atoms with Crippen LogP contribution in [0.25, 0.3) is 0 Å². The maximum atomic E-state index is 5.54. The van der Waals surface area contributed by atoms with Gasteiger partial charge >= 0.3 is 0 Å². The number of hydrogen-bond acceptors (Lipinski definition) is 4. The highest BCUT2D eigenvalue weighted by molar-refractivity contribution is 5.12. The van der Waals surface area contributed by atoms with Gasteiger partial charge in [-0.15, -0.1) is 5.10 Å². The van der Waals surface area contributed by atoms with Crippen molar-refractivity contribution in [3.05, 3.63) is 17.8 Å². The van der Waals surface area contributed by atoms with Crippen molar-refractivity contribution in [2.75, 3.05) is 7.05 Å². The minimum Gasteiger partial charge on any atom is -0.471 e. The Morgan fingerprint density at radius 3 is 2.43 bits per heavy atom. The lowest BCUT2D eigenvalue weighted by molar-refractivity contribution is 0.122. The summed E-state index contributed by atoms with van der Waals surface area (Å²) in [6.07, 6.45) is 0. The molecule has 4 heteroatoms. The number of nitrogens with zero attached hydrogens (tertiary/aromatic N) is 2. The van der Waals surface area contributed by atoms with E-state index in [1.165, 1.54) is 0 Å². The third kappa shape index (κ3) is 3.70. The van der Waals surface area contributed by atoms with Gasteiger partial charge in [-0.3, -0.25) is 0 Å². The molecule has 0 aromatic carbocycles. The molecule has 0 aliphatic carbocycles. The van der Waals surface area contributed by atoms with E-state index in [0.717, 1.165) is 12.2 Å². The van der Waals surface area contributed by atoms with Gasteiger partial charge in [-0.25, -0.2) is 0 Å². The summed E-state index contributed by atoms with van der Waals surface area (Å²) >= 11 is 0. The van der Waals surface area contributed by atoms with E-state index in [-0.39, 0.29) is 5.60 Å². The normalized spacial score (nSPS) is 11.4. The number of ether oxygens (including phenoxy) is 1. The predicted molar refractivity (Wildman–Crippen MR) is 55.2 cm³/mol. The van der Waals surface area contributed by atoms with Crippen molar-refractivity contribution in [1.82, 2.24) is 15.5 Å². The monoisotopic (exact) mass is 195 g/mol. The van der Waals surface area contributed by atoms with Crippen LogP contribution in [0.15, 0.2) is 12.1 Å². The fraction of sp³-hybridized carbons (Fsp3) is 0.600. The summed E-state index contributed by atoms with van der Waals surface area (Å²) in [6.45, 7) is 6.67. The second kappa shape index (κ2) is 4.37. The second-order valence-corrected chi connectivity index (χ2v) is 4.11. The molecule has 4 nitrogen and oxygen atoms in total. The van der Waals surface area contributed by atoms with E-state index < -0.39 is 0 Å². The van der Waals surface area contributed by atoms with E-state index in [1.807, 2.05) is 40.0 Å². The first-order chi connectivity index (χ1) is 6.51. The molecule has 1 aromatic heterocycles. The molecule has 0 bridgehead atoms. The Balaban J connectivity index is 2.64. The lowest BCUT2D eigenvalue weighted by Crippen LogP contribution is -2.23. The van der Waals surface area contributed by atoms with Crippen molar-refractivity contribution in [2.45, 2.75) is 32.9 Å². The second-order valence-electron chi connectivity index (χ2n) is 4.11. The fourth-order valence-electron chi connectivity index (χ4n) is 0.991. The van der Waals surface area contributed by atoms with E-state index in [4.69, 9.17) is 4.74 Å². The molecule has 1 aromatic rings. The van der Waals surface area contributed by atoms with Crippen LogP contribution in [0.5, 0.6) is 5.88 Å². The van der Waals surface area contributed by atoms with E-state index in [9.17, 15) is 0 Å². The number of hydrogen-bond donors (Lipinski definition) is 1. The summed E-state index contributed by atoms with van der Waals surface area (Å²) in [6, 6.07) is 3.75. The SMILES string of the molecule is CNCc1ccc(OC(C)(C)C)nn1. The van der Waals surface area contributed by atoms with Crippen LogP contribution in [-0.4, -0.2) is 22.8 Å². The van der Waals surface area contributed by atoms with Gasteiger partial charge in [0.05, 0.1) is 5.69 Å². The van der Waals surface area contributed by atoms with Crippen molar-refractivity contribution < 1.29 is 4.74 Å². The standard InChI is InChI=1S/C10H17N3O/c1-10(2,3)14-9-6-5-8(7-11-4)12-13-9/h5-6,11H,7H2,1-4H3. The maximum absolute atomic E-state index is 5.54. The molecule has 0 aliphatic heterocycles. The molecular weight excluding hydrogens is 178 g/mol. The molecule has 1 rings (SSSR count). The molecule has 0 spiro atoms. The van der Waals surface area contributed by atoms with Crippen molar-refractivity contribution in [3.8, 4) is 5.88 Å². The topological polar surface area (TPSA) is 47.0 Å². The molecule has 1 N–H and O–H groups in total. The first-order valence-electron chi connectivity index (χ1n) is 4.67. The van der Waals surface area contributed by atoms with Gasteiger partial charge in [-0.1, -0.05) is 0 Å². The summed E-state index contributed by atoms with van der Waals surface area (Å²) in [5.74, 6) is 0.567. The third-order valence-corrected chi connectivity index (χ3v) is 1.46. The zero-order chi connectivity index (χ0) is 10.6. The Morgan fingerprint density at radius 2 is 2.00 bits per heavy atom.